The van der Waals surface area contributed by atoms with E-state index >= 15 is 0 Å². The van der Waals surface area contributed by atoms with Gasteiger partial charge < -0.3 is 5.32 Å². The summed E-state index contributed by atoms with van der Waals surface area (Å²) >= 11 is 5.88. The summed E-state index contributed by atoms with van der Waals surface area (Å²) in [4.78, 5) is 29.2. The Morgan fingerprint density at radius 1 is 1.21 bits per heavy atom. The highest BCUT2D eigenvalue weighted by Gasteiger charge is 2.24. The Morgan fingerprint density at radius 2 is 2.00 bits per heavy atom. The van der Waals surface area contributed by atoms with Crippen LogP contribution >= 0.6 is 11.6 Å². The molecule has 0 spiro atoms. The second kappa shape index (κ2) is 7.08. The fourth-order valence-corrected chi connectivity index (χ4v) is 3.30. The van der Waals surface area contributed by atoms with Crippen LogP contribution in [0, 0.1) is 5.92 Å². The molecule has 0 saturated heterocycles. The maximum absolute atomic E-state index is 12.9. The monoisotopic (exact) mass is 421 g/mol. The zero-order valence-corrected chi connectivity index (χ0v) is 16.1. The third-order valence-electron chi connectivity index (χ3n) is 4.36. The van der Waals surface area contributed by atoms with Crippen LogP contribution in [0.3, 0.4) is 0 Å². The molecule has 3 aromatic rings. The molecule has 12 heteroatoms. The number of sulfonamides is 1. The van der Waals surface area contributed by atoms with Crippen molar-refractivity contribution >= 4 is 38.6 Å². The predicted molar refractivity (Wildman–Crippen MR) is 102 cm³/mol. The number of fused-ring (bicyclic) bond motifs is 1. The normalized spacial score (nSPS) is 14.4. The fourth-order valence-electron chi connectivity index (χ4n) is 2.72. The molecule has 0 radical (unpaired) electrons. The zero-order chi connectivity index (χ0) is 19.9. The van der Waals surface area contributed by atoms with Gasteiger partial charge in [0.25, 0.3) is 5.56 Å². The summed E-state index contributed by atoms with van der Waals surface area (Å²) in [7, 11) is -3.81. The largest absolute Gasteiger partial charge is 0.360 e. The number of anilines is 1. The highest BCUT2D eigenvalue weighted by Crippen LogP contribution is 2.31. The molecule has 1 aliphatic rings. The first kappa shape index (κ1) is 18.7. The maximum atomic E-state index is 12.9. The van der Waals surface area contributed by atoms with Crippen LogP contribution in [-0.2, 0) is 23.1 Å². The van der Waals surface area contributed by atoms with E-state index in [2.05, 4.69) is 25.3 Å². The second-order valence-corrected chi connectivity index (χ2v) is 8.45. The summed E-state index contributed by atoms with van der Waals surface area (Å²) in [5, 5.41) is 8.06. The molecular formula is C16H16ClN7O3S. The Balaban J connectivity index is 1.64. The number of nitrogens with one attached hydrogen (secondary N) is 1. The molecule has 0 bridgehead atoms. The first-order valence-electron chi connectivity index (χ1n) is 8.46. The van der Waals surface area contributed by atoms with Crippen molar-refractivity contribution in [1.82, 2.24) is 24.5 Å². The van der Waals surface area contributed by atoms with Crippen LogP contribution < -0.4 is 16.0 Å². The Labute approximate surface area is 164 Å². The lowest BCUT2D eigenvalue weighted by molar-refractivity contribution is 0.597. The number of pyridine rings is 1. The van der Waals surface area contributed by atoms with Gasteiger partial charge in [-0.15, -0.1) is 0 Å². The summed E-state index contributed by atoms with van der Waals surface area (Å²) in [6.45, 7) is 0.720. The molecule has 0 aliphatic heterocycles. The van der Waals surface area contributed by atoms with Gasteiger partial charge in [0.15, 0.2) is 11.5 Å². The number of nitrogens with two attached hydrogens (primary N) is 1. The van der Waals surface area contributed by atoms with Gasteiger partial charge >= 0.3 is 0 Å². The number of hydrogen-bond acceptors (Lipinski definition) is 8. The van der Waals surface area contributed by atoms with Crippen molar-refractivity contribution in [3.8, 4) is 0 Å². The van der Waals surface area contributed by atoms with Crippen molar-refractivity contribution in [2.45, 2.75) is 30.8 Å². The van der Waals surface area contributed by atoms with Gasteiger partial charge in [-0.1, -0.05) is 0 Å². The van der Waals surface area contributed by atoms with Crippen molar-refractivity contribution in [3.05, 3.63) is 45.9 Å². The Bertz CT molecular complexity index is 1210. The van der Waals surface area contributed by atoms with E-state index < -0.39 is 10.0 Å². The SMILES string of the molecule is NS(=O)(=O)c1ccc(CNc2nc3cnc(Cl)nc3n(CC3CC3)c2=O)nc1. The van der Waals surface area contributed by atoms with Crippen LogP contribution in [0.2, 0.25) is 5.28 Å². The van der Waals surface area contributed by atoms with Crippen LogP contribution in [0.25, 0.3) is 11.2 Å². The third-order valence-corrected chi connectivity index (χ3v) is 5.44. The molecular weight excluding hydrogens is 406 g/mol. The highest BCUT2D eigenvalue weighted by atomic mass is 35.5. The van der Waals surface area contributed by atoms with Gasteiger partial charge in [-0.25, -0.2) is 23.5 Å². The minimum absolute atomic E-state index is 0.0538. The third kappa shape index (κ3) is 3.96. The molecule has 3 heterocycles. The molecule has 1 aliphatic carbocycles. The minimum Gasteiger partial charge on any atom is -0.360 e. The lowest BCUT2D eigenvalue weighted by Gasteiger charge is -2.12. The summed E-state index contributed by atoms with van der Waals surface area (Å²) in [5.41, 5.74) is 1.06. The van der Waals surface area contributed by atoms with Crippen molar-refractivity contribution in [2.75, 3.05) is 5.32 Å². The van der Waals surface area contributed by atoms with E-state index in [1.54, 1.807) is 4.57 Å². The lowest BCUT2D eigenvalue weighted by atomic mass is 10.3. The average Bonchev–Trinajstić information content (AvgIpc) is 3.47. The quantitative estimate of drug-likeness (QED) is 0.558. The minimum atomic E-state index is -3.81. The average molecular weight is 422 g/mol. The summed E-state index contributed by atoms with van der Waals surface area (Å²) < 4.78 is 24.2. The molecule has 0 aromatic carbocycles. The number of hydrogen-bond donors (Lipinski definition) is 2. The number of primary sulfonamides is 1. The molecule has 28 heavy (non-hydrogen) atoms. The van der Waals surface area contributed by atoms with Gasteiger partial charge in [0.1, 0.15) is 10.4 Å². The van der Waals surface area contributed by atoms with Gasteiger partial charge in [0.2, 0.25) is 15.3 Å². The van der Waals surface area contributed by atoms with Gasteiger partial charge in [0, 0.05) is 12.7 Å². The van der Waals surface area contributed by atoms with E-state index in [0.717, 1.165) is 12.8 Å². The van der Waals surface area contributed by atoms with Gasteiger partial charge in [-0.3, -0.25) is 14.3 Å². The summed E-state index contributed by atoms with van der Waals surface area (Å²) in [6, 6.07) is 2.87. The predicted octanol–water partition coefficient (Wildman–Crippen LogP) is 0.904. The van der Waals surface area contributed by atoms with E-state index in [1.165, 1.54) is 24.5 Å². The number of aromatic nitrogens is 5. The Hall–Kier alpha value is -2.63. The molecule has 146 valence electrons. The van der Waals surface area contributed by atoms with E-state index in [0.29, 0.717) is 29.3 Å². The second-order valence-electron chi connectivity index (χ2n) is 6.55. The van der Waals surface area contributed by atoms with Gasteiger partial charge in [0.05, 0.1) is 18.4 Å². The highest BCUT2D eigenvalue weighted by molar-refractivity contribution is 7.89. The van der Waals surface area contributed by atoms with E-state index in [1.807, 2.05) is 0 Å². The first-order chi connectivity index (χ1) is 13.3. The maximum Gasteiger partial charge on any atom is 0.294 e. The number of rotatable bonds is 6. The molecule has 0 unspecified atom stereocenters. The smallest absolute Gasteiger partial charge is 0.294 e. The molecule has 3 N–H and O–H groups in total. The van der Waals surface area contributed by atoms with Crippen LogP contribution in [0.5, 0.6) is 0 Å². The van der Waals surface area contributed by atoms with Crippen molar-refractivity contribution in [2.24, 2.45) is 11.1 Å². The van der Waals surface area contributed by atoms with Crippen molar-refractivity contribution in [1.29, 1.82) is 0 Å². The topological polar surface area (TPSA) is 146 Å². The van der Waals surface area contributed by atoms with Crippen LogP contribution in [-0.4, -0.2) is 32.9 Å². The molecule has 1 saturated carbocycles. The van der Waals surface area contributed by atoms with Crippen LogP contribution in [0.1, 0.15) is 18.5 Å². The molecule has 10 nitrogen and oxygen atoms in total. The van der Waals surface area contributed by atoms with Crippen LogP contribution in [0.4, 0.5) is 5.82 Å². The van der Waals surface area contributed by atoms with Crippen molar-refractivity contribution < 1.29 is 8.42 Å². The standard InChI is InChI=1S/C16H16ClN7O3S/c17-16-21-7-12-14(23-16)24(8-9-1-2-9)15(25)13(22-12)20-5-10-3-4-11(6-19-10)28(18,26)27/h3-4,6-7,9H,1-2,5,8H2,(H,20,22)(H2,18,26,27). The first-order valence-corrected chi connectivity index (χ1v) is 10.4. The summed E-state index contributed by atoms with van der Waals surface area (Å²) in [6.07, 6.45) is 4.77. The molecule has 3 aromatic heterocycles. The molecule has 1 fully saturated rings. The fraction of sp³-hybridized carbons (Fsp3) is 0.312. The molecule has 0 amide bonds. The molecule has 0 atom stereocenters. The van der Waals surface area contributed by atoms with Crippen molar-refractivity contribution in [3.63, 3.8) is 0 Å². The number of halogens is 1. The number of nitrogens with zero attached hydrogens (tertiary/aromatic N) is 5. The van der Waals surface area contributed by atoms with Gasteiger partial charge in [-0.2, -0.15) is 4.98 Å². The van der Waals surface area contributed by atoms with E-state index in [4.69, 9.17) is 16.7 Å². The molecule has 4 rings (SSSR count). The summed E-state index contributed by atoms with van der Waals surface area (Å²) in [5.74, 6) is 0.578. The Kier molecular flexibility index (Phi) is 4.73. The van der Waals surface area contributed by atoms with E-state index in [9.17, 15) is 13.2 Å². The Morgan fingerprint density at radius 3 is 2.64 bits per heavy atom. The van der Waals surface area contributed by atoms with Gasteiger partial charge in [-0.05, 0) is 42.5 Å². The zero-order valence-electron chi connectivity index (χ0n) is 14.5. The van der Waals surface area contributed by atoms with Crippen LogP contribution in [0.15, 0.2) is 34.2 Å². The van der Waals surface area contributed by atoms with E-state index in [-0.39, 0.29) is 28.1 Å². The lowest BCUT2D eigenvalue weighted by Crippen LogP contribution is -2.27.